The number of hydrogen-bond acceptors (Lipinski definition) is 2. The molecule has 99 valence electrons. The van der Waals surface area contributed by atoms with Crippen LogP contribution in [0.5, 0.6) is 0 Å². The van der Waals surface area contributed by atoms with Crippen molar-refractivity contribution in [3.63, 3.8) is 0 Å². The summed E-state index contributed by atoms with van der Waals surface area (Å²) in [5.41, 5.74) is 2.08. The Hall–Kier alpha value is -1.54. The van der Waals surface area contributed by atoms with Crippen LogP contribution in [0.2, 0.25) is 0 Å². The van der Waals surface area contributed by atoms with E-state index in [1.165, 1.54) is 20.2 Å². The SMILES string of the molecule is [Ir].[c-]1ccc2c(sc3ccccc32)c1-c1ccccn1. The maximum absolute atomic E-state index is 4.44. The minimum atomic E-state index is 0. The first-order chi connectivity index (χ1) is 9.43. The molecule has 0 unspecified atom stereocenters. The number of fused-ring (bicyclic) bond motifs is 3. The van der Waals surface area contributed by atoms with Crippen LogP contribution in [0, 0.1) is 6.07 Å². The second-order valence-corrected chi connectivity index (χ2v) is 5.46. The van der Waals surface area contributed by atoms with Gasteiger partial charge >= 0.3 is 0 Å². The molecule has 1 nitrogen and oxygen atoms in total. The Kier molecular flexibility index (Phi) is 3.66. The van der Waals surface area contributed by atoms with Crippen molar-refractivity contribution in [3.8, 4) is 11.3 Å². The van der Waals surface area contributed by atoms with Gasteiger partial charge in [0.15, 0.2) is 0 Å². The first-order valence-electron chi connectivity index (χ1n) is 6.17. The van der Waals surface area contributed by atoms with Crippen LogP contribution in [0.15, 0.2) is 60.8 Å². The molecule has 1 radical (unpaired) electrons. The summed E-state index contributed by atoms with van der Waals surface area (Å²) in [5.74, 6) is 0. The molecule has 0 aliphatic heterocycles. The van der Waals surface area contributed by atoms with Gasteiger partial charge in [-0.05, 0) is 27.9 Å². The number of nitrogens with zero attached hydrogens (tertiary/aromatic N) is 1. The van der Waals surface area contributed by atoms with Crippen molar-refractivity contribution in [2.24, 2.45) is 0 Å². The third-order valence-corrected chi connectivity index (χ3v) is 4.46. The van der Waals surface area contributed by atoms with Crippen LogP contribution in [0.1, 0.15) is 0 Å². The predicted octanol–water partition coefficient (Wildman–Crippen LogP) is 4.91. The summed E-state index contributed by atoms with van der Waals surface area (Å²) in [6.45, 7) is 0. The minimum Gasteiger partial charge on any atom is -0.305 e. The third kappa shape index (κ3) is 2.08. The van der Waals surface area contributed by atoms with Crippen molar-refractivity contribution in [1.29, 1.82) is 0 Å². The van der Waals surface area contributed by atoms with E-state index in [-0.39, 0.29) is 20.1 Å². The quantitative estimate of drug-likeness (QED) is 0.374. The zero-order valence-electron chi connectivity index (χ0n) is 10.5. The van der Waals surface area contributed by atoms with Crippen LogP contribution in [0.25, 0.3) is 31.4 Å². The fourth-order valence-electron chi connectivity index (χ4n) is 2.39. The van der Waals surface area contributed by atoms with E-state index in [4.69, 9.17) is 0 Å². The molecule has 0 fully saturated rings. The summed E-state index contributed by atoms with van der Waals surface area (Å²) in [7, 11) is 0. The van der Waals surface area contributed by atoms with Crippen LogP contribution >= 0.6 is 11.3 Å². The Morgan fingerprint density at radius 1 is 0.900 bits per heavy atom. The van der Waals surface area contributed by atoms with Gasteiger partial charge in [0.1, 0.15) is 0 Å². The fraction of sp³-hybridized carbons (Fsp3) is 0. The van der Waals surface area contributed by atoms with Crippen molar-refractivity contribution >= 4 is 31.5 Å². The van der Waals surface area contributed by atoms with Gasteiger partial charge in [-0.25, -0.2) is 0 Å². The molecule has 0 atom stereocenters. The van der Waals surface area contributed by atoms with Gasteiger partial charge in [0, 0.05) is 31.0 Å². The first-order valence-corrected chi connectivity index (χ1v) is 6.98. The van der Waals surface area contributed by atoms with Crippen molar-refractivity contribution in [2.45, 2.75) is 0 Å². The third-order valence-electron chi connectivity index (χ3n) is 3.26. The number of hydrogen-bond donors (Lipinski definition) is 0. The first kappa shape index (κ1) is 13.4. The van der Waals surface area contributed by atoms with E-state index in [2.05, 4.69) is 41.4 Å². The van der Waals surface area contributed by atoms with Crippen LogP contribution < -0.4 is 0 Å². The topological polar surface area (TPSA) is 12.9 Å². The Balaban J connectivity index is 0.00000121. The average molecular weight is 453 g/mol. The molecule has 20 heavy (non-hydrogen) atoms. The van der Waals surface area contributed by atoms with Gasteiger partial charge in [0.25, 0.3) is 0 Å². The molecule has 2 aromatic carbocycles. The molecule has 0 saturated heterocycles. The second kappa shape index (κ2) is 5.45. The molecule has 4 aromatic rings. The Bertz CT molecular complexity index is 868. The smallest absolute Gasteiger partial charge is 0.0239 e. The summed E-state index contributed by atoms with van der Waals surface area (Å²) in [6, 6.07) is 22.0. The standard InChI is InChI=1S/C17H10NS.Ir/c1-2-10-16-12(6-1)13-7-5-8-14(17(13)19-16)15-9-3-4-11-18-15;/h1-7,9-11H;/q-1;. The summed E-state index contributed by atoms with van der Waals surface area (Å²) in [6.07, 6.45) is 1.83. The minimum absolute atomic E-state index is 0. The van der Waals surface area contributed by atoms with E-state index in [1.54, 1.807) is 0 Å². The van der Waals surface area contributed by atoms with Crippen LogP contribution in [-0.2, 0) is 20.1 Å². The van der Waals surface area contributed by atoms with Gasteiger partial charge < -0.3 is 4.98 Å². The molecule has 2 heterocycles. The average Bonchev–Trinajstić information content (AvgIpc) is 2.87. The Morgan fingerprint density at radius 2 is 1.75 bits per heavy atom. The molecule has 0 saturated carbocycles. The van der Waals surface area contributed by atoms with Gasteiger partial charge in [-0.1, -0.05) is 35.7 Å². The van der Waals surface area contributed by atoms with E-state index in [1.807, 2.05) is 41.8 Å². The van der Waals surface area contributed by atoms with Crippen LogP contribution in [-0.4, -0.2) is 4.98 Å². The fourth-order valence-corrected chi connectivity index (χ4v) is 3.60. The van der Waals surface area contributed by atoms with E-state index < -0.39 is 0 Å². The summed E-state index contributed by atoms with van der Waals surface area (Å²) < 4.78 is 2.58. The molecule has 2 aromatic heterocycles. The summed E-state index contributed by atoms with van der Waals surface area (Å²) >= 11 is 1.81. The maximum Gasteiger partial charge on any atom is 0.0239 e. The second-order valence-electron chi connectivity index (χ2n) is 4.41. The number of aromatic nitrogens is 1. The Labute approximate surface area is 134 Å². The van der Waals surface area contributed by atoms with Crippen molar-refractivity contribution in [2.75, 3.05) is 0 Å². The van der Waals surface area contributed by atoms with Gasteiger partial charge in [0.05, 0.1) is 0 Å². The van der Waals surface area contributed by atoms with Gasteiger partial charge in [-0.3, -0.25) is 0 Å². The summed E-state index contributed by atoms with van der Waals surface area (Å²) in [4.78, 5) is 4.44. The van der Waals surface area contributed by atoms with E-state index >= 15 is 0 Å². The molecule has 0 aliphatic carbocycles. The maximum atomic E-state index is 4.44. The van der Waals surface area contributed by atoms with E-state index in [0.717, 1.165) is 11.3 Å². The molecule has 0 N–H and O–H groups in total. The van der Waals surface area contributed by atoms with E-state index in [9.17, 15) is 0 Å². The molecular weight excluding hydrogens is 442 g/mol. The normalized spacial score (nSPS) is 10.6. The molecular formula is C17H10IrNS-. The van der Waals surface area contributed by atoms with Crippen molar-refractivity contribution in [3.05, 3.63) is 66.9 Å². The van der Waals surface area contributed by atoms with Crippen LogP contribution in [0.4, 0.5) is 0 Å². The number of thiophene rings is 1. The van der Waals surface area contributed by atoms with Crippen molar-refractivity contribution < 1.29 is 20.1 Å². The molecule has 0 aliphatic rings. The largest absolute Gasteiger partial charge is 0.305 e. The molecule has 0 spiro atoms. The number of rotatable bonds is 1. The summed E-state index contributed by atoms with van der Waals surface area (Å²) in [5, 5.41) is 2.61. The van der Waals surface area contributed by atoms with Gasteiger partial charge in [-0.15, -0.1) is 23.8 Å². The molecule has 0 bridgehead atoms. The number of pyridine rings is 1. The van der Waals surface area contributed by atoms with Gasteiger partial charge in [-0.2, -0.15) is 11.3 Å². The van der Waals surface area contributed by atoms with Crippen molar-refractivity contribution in [1.82, 2.24) is 4.98 Å². The Morgan fingerprint density at radius 3 is 2.60 bits per heavy atom. The van der Waals surface area contributed by atoms with E-state index in [0.29, 0.717) is 0 Å². The molecule has 4 rings (SSSR count). The number of benzene rings is 2. The molecule has 3 heteroatoms. The predicted molar refractivity (Wildman–Crippen MR) is 81.4 cm³/mol. The molecule has 0 amide bonds. The zero-order chi connectivity index (χ0) is 12.7. The monoisotopic (exact) mass is 453 g/mol. The van der Waals surface area contributed by atoms with Crippen LogP contribution in [0.3, 0.4) is 0 Å². The zero-order valence-corrected chi connectivity index (χ0v) is 13.7. The van der Waals surface area contributed by atoms with Gasteiger partial charge in [0.2, 0.25) is 0 Å².